The first-order valence-electron chi connectivity index (χ1n) is 5.23. The topological polar surface area (TPSA) is 40.5 Å². The molecule has 0 aromatic heterocycles. The predicted octanol–water partition coefficient (Wildman–Crippen LogP) is 1.75. The molecule has 3 nitrogen and oxygen atoms in total. The van der Waals surface area contributed by atoms with Crippen molar-refractivity contribution < 1.29 is 9.90 Å². The van der Waals surface area contributed by atoms with E-state index in [1.54, 1.807) is 6.08 Å². The summed E-state index contributed by atoms with van der Waals surface area (Å²) in [5, 5.41) is 8.46. The van der Waals surface area contributed by atoms with Crippen molar-refractivity contribution in [1.82, 2.24) is 4.90 Å². The Morgan fingerprint density at radius 2 is 2.21 bits per heavy atom. The molecule has 0 aromatic rings. The number of rotatable bonds is 3. The van der Waals surface area contributed by atoms with E-state index in [1.807, 2.05) is 0 Å². The molecule has 1 aliphatic heterocycles. The maximum Gasteiger partial charge on any atom is 0.328 e. The largest absolute Gasteiger partial charge is 0.478 e. The zero-order chi connectivity index (χ0) is 10.6. The van der Waals surface area contributed by atoms with Gasteiger partial charge in [-0.05, 0) is 25.7 Å². The number of hydrogen-bond donors (Lipinski definition) is 1. The van der Waals surface area contributed by atoms with E-state index in [9.17, 15) is 4.79 Å². The summed E-state index contributed by atoms with van der Waals surface area (Å²) in [5.41, 5.74) is 0. The van der Waals surface area contributed by atoms with Crippen LogP contribution in [-0.2, 0) is 4.79 Å². The second-order valence-corrected chi connectivity index (χ2v) is 4.23. The second kappa shape index (κ2) is 5.15. The van der Waals surface area contributed by atoms with Gasteiger partial charge in [0.25, 0.3) is 0 Å². The molecule has 0 aliphatic carbocycles. The summed E-state index contributed by atoms with van der Waals surface area (Å²) in [7, 11) is 0. The Morgan fingerprint density at radius 1 is 1.50 bits per heavy atom. The van der Waals surface area contributed by atoms with E-state index in [0.29, 0.717) is 6.04 Å². The van der Waals surface area contributed by atoms with E-state index >= 15 is 0 Å². The average Bonchev–Trinajstić information content (AvgIpc) is 2.10. The Labute approximate surface area is 85.4 Å². The first kappa shape index (κ1) is 11.2. The Morgan fingerprint density at radius 3 is 2.86 bits per heavy atom. The van der Waals surface area contributed by atoms with Crippen LogP contribution in [0.15, 0.2) is 12.2 Å². The van der Waals surface area contributed by atoms with E-state index in [1.165, 1.54) is 18.9 Å². The molecule has 3 heteroatoms. The molecule has 0 saturated carbocycles. The van der Waals surface area contributed by atoms with Gasteiger partial charge in [0.15, 0.2) is 0 Å². The lowest BCUT2D eigenvalue weighted by Gasteiger charge is -2.35. The van der Waals surface area contributed by atoms with E-state index in [2.05, 4.69) is 18.7 Å². The minimum absolute atomic E-state index is 0.588. The van der Waals surface area contributed by atoms with Crippen LogP contribution in [0.2, 0.25) is 0 Å². The minimum Gasteiger partial charge on any atom is -0.478 e. The van der Waals surface area contributed by atoms with Crippen LogP contribution in [0.5, 0.6) is 0 Å². The van der Waals surface area contributed by atoms with Gasteiger partial charge in [0.05, 0.1) is 0 Å². The molecule has 14 heavy (non-hydrogen) atoms. The van der Waals surface area contributed by atoms with Crippen LogP contribution in [0.1, 0.15) is 26.7 Å². The van der Waals surface area contributed by atoms with E-state index in [0.717, 1.165) is 19.0 Å². The van der Waals surface area contributed by atoms with Crippen molar-refractivity contribution in [1.29, 1.82) is 0 Å². The van der Waals surface area contributed by atoms with Gasteiger partial charge in [-0.3, -0.25) is 4.90 Å². The van der Waals surface area contributed by atoms with Gasteiger partial charge in [0.2, 0.25) is 0 Å². The number of carboxylic acids is 1. The van der Waals surface area contributed by atoms with Gasteiger partial charge in [0.1, 0.15) is 0 Å². The summed E-state index contributed by atoms with van der Waals surface area (Å²) in [6, 6.07) is 0.588. The zero-order valence-corrected chi connectivity index (χ0v) is 8.94. The number of hydrogen-bond acceptors (Lipinski definition) is 2. The highest BCUT2D eigenvalue weighted by atomic mass is 16.4. The third kappa shape index (κ3) is 3.50. The summed E-state index contributed by atoms with van der Waals surface area (Å²) in [6.07, 6.45) is 5.48. The highest BCUT2D eigenvalue weighted by Crippen LogP contribution is 2.20. The van der Waals surface area contributed by atoms with Gasteiger partial charge in [-0.15, -0.1) is 0 Å². The zero-order valence-electron chi connectivity index (χ0n) is 8.94. The number of carbonyl (C=O) groups is 1. The fourth-order valence-electron chi connectivity index (χ4n) is 1.92. The van der Waals surface area contributed by atoms with Crippen molar-refractivity contribution in [2.24, 2.45) is 5.92 Å². The highest BCUT2D eigenvalue weighted by molar-refractivity contribution is 5.79. The SMILES string of the molecule is CC1CCC(C)N(C/C=C/C(=O)O)C1. The molecular weight excluding hydrogens is 178 g/mol. The Hall–Kier alpha value is -0.830. The fraction of sp³-hybridized carbons (Fsp3) is 0.727. The molecule has 1 aliphatic rings. The molecule has 0 bridgehead atoms. The van der Waals surface area contributed by atoms with Crippen molar-refractivity contribution in [2.75, 3.05) is 13.1 Å². The number of likely N-dealkylation sites (tertiary alicyclic amines) is 1. The standard InChI is InChI=1S/C11H19NO2/c1-9-5-6-10(2)12(8-9)7-3-4-11(13)14/h3-4,9-10H,5-8H2,1-2H3,(H,13,14)/b4-3+. The summed E-state index contributed by atoms with van der Waals surface area (Å²) in [4.78, 5) is 12.6. The number of aliphatic carboxylic acids is 1. The van der Waals surface area contributed by atoms with Gasteiger partial charge in [-0.1, -0.05) is 13.0 Å². The summed E-state index contributed by atoms with van der Waals surface area (Å²) in [6.45, 7) is 6.31. The van der Waals surface area contributed by atoms with Gasteiger partial charge in [-0.2, -0.15) is 0 Å². The third-order valence-electron chi connectivity index (χ3n) is 2.85. The molecule has 0 radical (unpaired) electrons. The van der Waals surface area contributed by atoms with Crippen LogP contribution in [0, 0.1) is 5.92 Å². The van der Waals surface area contributed by atoms with Crippen LogP contribution in [0.3, 0.4) is 0 Å². The first-order chi connectivity index (χ1) is 6.59. The molecule has 1 saturated heterocycles. The summed E-state index contributed by atoms with van der Waals surface area (Å²) < 4.78 is 0. The molecule has 2 atom stereocenters. The van der Waals surface area contributed by atoms with Gasteiger partial charge < -0.3 is 5.11 Å². The number of nitrogens with zero attached hydrogens (tertiary/aromatic N) is 1. The predicted molar refractivity (Wildman–Crippen MR) is 56.2 cm³/mol. The molecule has 1 heterocycles. The number of carboxylic acid groups (broad SMARTS) is 1. The smallest absolute Gasteiger partial charge is 0.328 e. The second-order valence-electron chi connectivity index (χ2n) is 4.23. The highest BCUT2D eigenvalue weighted by Gasteiger charge is 2.21. The molecule has 0 spiro atoms. The third-order valence-corrected chi connectivity index (χ3v) is 2.85. The molecule has 1 rings (SSSR count). The van der Waals surface area contributed by atoms with E-state index in [4.69, 9.17) is 5.11 Å². The van der Waals surface area contributed by atoms with E-state index in [-0.39, 0.29) is 0 Å². The quantitative estimate of drug-likeness (QED) is 0.701. The van der Waals surface area contributed by atoms with Crippen molar-refractivity contribution in [3.63, 3.8) is 0 Å². The van der Waals surface area contributed by atoms with E-state index < -0.39 is 5.97 Å². The summed E-state index contributed by atoms with van der Waals surface area (Å²) >= 11 is 0. The van der Waals surface area contributed by atoms with Crippen molar-refractivity contribution in [3.05, 3.63) is 12.2 Å². The van der Waals surface area contributed by atoms with Gasteiger partial charge in [-0.25, -0.2) is 4.79 Å². The average molecular weight is 197 g/mol. The molecule has 2 unspecified atom stereocenters. The molecule has 0 aromatic carbocycles. The Bertz CT molecular complexity index is 225. The lowest BCUT2D eigenvalue weighted by atomic mass is 9.95. The van der Waals surface area contributed by atoms with Crippen LogP contribution < -0.4 is 0 Å². The lowest BCUT2D eigenvalue weighted by Crippen LogP contribution is -2.40. The van der Waals surface area contributed by atoms with Crippen molar-refractivity contribution in [3.8, 4) is 0 Å². The van der Waals surface area contributed by atoms with Gasteiger partial charge in [0, 0.05) is 25.2 Å². The monoisotopic (exact) mass is 197 g/mol. The molecular formula is C11H19NO2. The van der Waals surface area contributed by atoms with Crippen molar-refractivity contribution >= 4 is 5.97 Å². The van der Waals surface area contributed by atoms with Crippen LogP contribution in [-0.4, -0.2) is 35.1 Å². The van der Waals surface area contributed by atoms with Crippen LogP contribution in [0.25, 0.3) is 0 Å². The van der Waals surface area contributed by atoms with Crippen LogP contribution >= 0.6 is 0 Å². The van der Waals surface area contributed by atoms with Crippen LogP contribution in [0.4, 0.5) is 0 Å². The lowest BCUT2D eigenvalue weighted by molar-refractivity contribution is -0.131. The maximum atomic E-state index is 10.3. The number of piperidine rings is 1. The molecule has 80 valence electrons. The molecule has 1 fully saturated rings. The van der Waals surface area contributed by atoms with Gasteiger partial charge >= 0.3 is 5.97 Å². The molecule has 1 N–H and O–H groups in total. The Kier molecular flexibility index (Phi) is 4.14. The molecule has 0 amide bonds. The van der Waals surface area contributed by atoms with Crippen molar-refractivity contribution in [2.45, 2.75) is 32.7 Å². The maximum absolute atomic E-state index is 10.3. The normalized spacial score (nSPS) is 29.6. The minimum atomic E-state index is -0.859. The fourth-order valence-corrected chi connectivity index (χ4v) is 1.92. The first-order valence-corrected chi connectivity index (χ1v) is 5.23. The summed E-state index contributed by atoms with van der Waals surface area (Å²) in [5.74, 6) is -0.118. The Balaban J connectivity index is 2.38.